The molecule has 1 aromatic carbocycles. The fraction of sp³-hybridized carbons (Fsp3) is 0.0909. The van der Waals surface area contributed by atoms with Crippen molar-refractivity contribution in [3.05, 3.63) is 40.9 Å². The first kappa shape index (κ1) is 11.0. The summed E-state index contributed by atoms with van der Waals surface area (Å²) in [6, 6.07) is 6.92. The summed E-state index contributed by atoms with van der Waals surface area (Å²) in [6.45, 7) is 0. The summed E-state index contributed by atoms with van der Waals surface area (Å²) in [6.07, 6.45) is 1.23. The van der Waals surface area contributed by atoms with E-state index in [1.54, 1.807) is 31.4 Å². The summed E-state index contributed by atoms with van der Waals surface area (Å²) in [5, 5.41) is 0. The number of ether oxygens (including phenoxy) is 2. The summed E-state index contributed by atoms with van der Waals surface area (Å²) >= 11 is 0. The van der Waals surface area contributed by atoms with Gasteiger partial charge in [-0.15, -0.1) is 0 Å². The third-order valence-corrected chi connectivity index (χ3v) is 2.11. The van der Waals surface area contributed by atoms with Crippen LogP contribution in [0.2, 0.25) is 0 Å². The SMILES string of the molecule is COc1cccc(Oc2nc[nH]c(=O)c2N)c1. The summed E-state index contributed by atoms with van der Waals surface area (Å²) in [7, 11) is 1.55. The van der Waals surface area contributed by atoms with Crippen molar-refractivity contribution >= 4 is 5.69 Å². The predicted octanol–water partition coefficient (Wildman–Crippen LogP) is 1.15. The van der Waals surface area contributed by atoms with Crippen LogP contribution < -0.4 is 20.8 Å². The van der Waals surface area contributed by atoms with Crippen molar-refractivity contribution in [2.24, 2.45) is 0 Å². The van der Waals surface area contributed by atoms with Crippen molar-refractivity contribution in [3.8, 4) is 17.4 Å². The van der Waals surface area contributed by atoms with E-state index >= 15 is 0 Å². The lowest BCUT2D eigenvalue weighted by molar-refractivity contribution is 0.407. The first-order chi connectivity index (χ1) is 8.20. The molecule has 6 heteroatoms. The van der Waals surface area contributed by atoms with Crippen molar-refractivity contribution in [2.45, 2.75) is 0 Å². The van der Waals surface area contributed by atoms with Gasteiger partial charge in [-0.05, 0) is 12.1 Å². The van der Waals surface area contributed by atoms with Crippen LogP contribution in [0, 0.1) is 0 Å². The van der Waals surface area contributed by atoms with Crippen LogP contribution in [0.15, 0.2) is 35.4 Å². The second-order valence-corrected chi connectivity index (χ2v) is 3.23. The molecule has 0 spiro atoms. The standard InChI is InChI=1S/C11H11N3O3/c1-16-7-3-2-4-8(5-7)17-11-9(12)10(15)13-6-14-11/h2-6H,12H2,1H3,(H,13,14,15). The Morgan fingerprint density at radius 2 is 2.12 bits per heavy atom. The van der Waals surface area contributed by atoms with E-state index in [2.05, 4.69) is 9.97 Å². The van der Waals surface area contributed by atoms with E-state index in [0.717, 1.165) is 0 Å². The van der Waals surface area contributed by atoms with Gasteiger partial charge in [0.25, 0.3) is 5.56 Å². The van der Waals surface area contributed by atoms with Gasteiger partial charge in [0.2, 0.25) is 5.88 Å². The van der Waals surface area contributed by atoms with Crippen LogP contribution in [0.1, 0.15) is 0 Å². The number of aromatic nitrogens is 2. The molecule has 6 nitrogen and oxygen atoms in total. The molecule has 0 atom stereocenters. The molecule has 0 radical (unpaired) electrons. The lowest BCUT2D eigenvalue weighted by atomic mass is 10.3. The molecule has 0 aliphatic carbocycles. The number of hydrogen-bond acceptors (Lipinski definition) is 5. The van der Waals surface area contributed by atoms with Crippen molar-refractivity contribution < 1.29 is 9.47 Å². The number of benzene rings is 1. The van der Waals surface area contributed by atoms with Crippen molar-refractivity contribution in [1.29, 1.82) is 0 Å². The normalized spacial score (nSPS) is 9.94. The molecule has 0 saturated heterocycles. The minimum absolute atomic E-state index is 0.0599. The summed E-state index contributed by atoms with van der Waals surface area (Å²) in [5.41, 5.74) is 5.05. The second kappa shape index (κ2) is 4.56. The first-order valence-corrected chi connectivity index (χ1v) is 4.86. The maximum Gasteiger partial charge on any atom is 0.277 e. The molecular formula is C11H11N3O3. The largest absolute Gasteiger partial charge is 0.497 e. The number of nitrogens with one attached hydrogen (secondary N) is 1. The van der Waals surface area contributed by atoms with Crippen LogP contribution in [0.5, 0.6) is 17.4 Å². The maximum absolute atomic E-state index is 11.2. The number of nitrogen functional groups attached to an aromatic ring is 1. The van der Waals surface area contributed by atoms with Crippen LogP contribution in [0.25, 0.3) is 0 Å². The van der Waals surface area contributed by atoms with Gasteiger partial charge in [0, 0.05) is 6.07 Å². The van der Waals surface area contributed by atoms with Crippen LogP contribution in [0.4, 0.5) is 5.69 Å². The minimum atomic E-state index is -0.433. The van der Waals surface area contributed by atoms with Gasteiger partial charge in [-0.25, -0.2) is 4.98 Å². The Morgan fingerprint density at radius 1 is 1.35 bits per heavy atom. The number of H-pyrrole nitrogens is 1. The zero-order chi connectivity index (χ0) is 12.3. The Labute approximate surface area is 97.0 Å². The van der Waals surface area contributed by atoms with Crippen molar-refractivity contribution in [1.82, 2.24) is 9.97 Å². The minimum Gasteiger partial charge on any atom is -0.497 e. The second-order valence-electron chi connectivity index (χ2n) is 3.23. The Hall–Kier alpha value is -2.50. The number of nitrogens with zero attached hydrogens (tertiary/aromatic N) is 1. The number of methoxy groups -OCH3 is 1. The van der Waals surface area contributed by atoms with Crippen LogP contribution >= 0.6 is 0 Å². The number of rotatable bonds is 3. The van der Waals surface area contributed by atoms with Gasteiger partial charge in [-0.3, -0.25) is 4.79 Å². The summed E-state index contributed by atoms with van der Waals surface area (Å²) < 4.78 is 10.4. The zero-order valence-electron chi connectivity index (χ0n) is 9.14. The fourth-order valence-corrected chi connectivity index (χ4v) is 1.25. The van der Waals surface area contributed by atoms with E-state index in [1.165, 1.54) is 6.33 Å². The van der Waals surface area contributed by atoms with E-state index in [0.29, 0.717) is 11.5 Å². The predicted molar refractivity (Wildman–Crippen MR) is 62.3 cm³/mol. The van der Waals surface area contributed by atoms with Gasteiger partial charge >= 0.3 is 0 Å². The molecule has 17 heavy (non-hydrogen) atoms. The highest BCUT2D eigenvalue weighted by Gasteiger charge is 2.07. The Balaban J connectivity index is 2.31. The molecule has 1 aromatic heterocycles. The number of anilines is 1. The highest BCUT2D eigenvalue weighted by Crippen LogP contribution is 2.25. The molecule has 3 N–H and O–H groups in total. The quantitative estimate of drug-likeness (QED) is 0.830. The molecule has 0 aliphatic rings. The molecule has 0 amide bonds. The highest BCUT2D eigenvalue weighted by molar-refractivity contribution is 5.47. The van der Waals surface area contributed by atoms with E-state index in [-0.39, 0.29) is 11.6 Å². The van der Waals surface area contributed by atoms with Crippen molar-refractivity contribution in [3.63, 3.8) is 0 Å². The first-order valence-electron chi connectivity index (χ1n) is 4.86. The van der Waals surface area contributed by atoms with Gasteiger partial charge in [0.05, 0.1) is 13.4 Å². The van der Waals surface area contributed by atoms with E-state index < -0.39 is 5.56 Å². The van der Waals surface area contributed by atoms with Gasteiger partial charge in [0.1, 0.15) is 11.5 Å². The zero-order valence-corrected chi connectivity index (χ0v) is 9.14. The molecule has 2 aromatic rings. The monoisotopic (exact) mass is 233 g/mol. The average molecular weight is 233 g/mol. The van der Waals surface area contributed by atoms with E-state index in [1.807, 2.05) is 0 Å². The molecular weight excluding hydrogens is 222 g/mol. The summed E-state index contributed by atoms with van der Waals surface area (Å²) in [4.78, 5) is 17.4. The Kier molecular flexibility index (Phi) is 2.95. The van der Waals surface area contributed by atoms with Gasteiger partial charge in [-0.1, -0.05) is 6.07 Å². The molecule has 88 valence electrons. The lowest BCUT2D eigenvalue weighted by Gasteiger charge is -2.07. The van der Waals surface area contributed by atoms with Crippen LogP contribution in [0.3, 0.4) is 0 Å². The van der Waals surface area contributed by atoms with Gasteiger partial charge in [-0.2, -0.15) is 0 Å². The third-order valence-electron chi connectivity index (χ3n) is 2.11. The van der Waals surface area contributed by atoms with Crippen LogP contribution in [-0.4, -0.2) is 17.1 Å². The molecule has 0 fully saturated rings. The van der Waals surface area contributed by atoms with Crippen molar-refractivity contribution in [2.75, 3.05) is 12.8 Å². The fourth-order valence-electron chi connectivity index (χ4n) is 1.25. The van der Waals surface area contributed by atoms with Crippen LogP contribution in [-0.2, 0) is 0 Å². The van der Waals surface area contributed by atoms with Gasteiger partial charge in [0.15, 0.2) is 5.69 Å². The average Bonchev–Trinajstić information content (AvgIpc) is 2.35. The number of aromatic amines is 1. The number of hydrogen-bond donors (Lipinski definition) is 2. The third kappa shape index (κ3) is 2.36. The Morgan fingerprint density at radius 3 is 2.88 bits per heavy atom. The molecule has 0 unspecified atom stereocenters. The molecule has 0 bridgehead atoms. The molecule has 0 aliphatic heterocycles. The number of nitrogens with two attached hydrogens (primary N) is 1. The molecule has 2 rings (SSSR count). The topological polar surface area (TPSA) is 90.2 Å². The molecule has 0 saturated carbocycles. The molecule has 1 heterocycles. The lowest BCUT2D eigenvalue weighted by Crippen LogP contribution is -2.13. The summed E-state index contributed by atoms with van der Waals surface area (Å²) in [5.74, 6) is 1.21. The Bertz CT molecular complexity index is 580. The van der Waals surface area contributed by atoms with Gasteiger partial charge < -0.3 is 20.2 Å². The van der Waals surface area contributed by atoms with E-state index in [4.69, 9.17) is 15.2 Å². The smallest absolute Gasteiger partial charge is 0.277 e. The highest BCUT2D eigenvalue weighted by atomic mass is 16.5. The maximum atomic E-state index is 11.2. The van der Waals surface area contributed by atoms with E-state index in [9.17, 15) is 4.79 Å².